The summed E-state index contributed by atoms with van der Waals surface area (Å²) in [5, 5.41) is 9.24. The highest BCUT2D eigenvalue weighted by molar-refractivity contribution is 5.96. The Morgan fingerprint density at radius 3 is 2.65 bits per heavy atom. The van der Waals surface area contributed by atoms with Crippen LogP contribution in [0.5, 0.6) is 0 Å². The normalized spacial score (nSPS) is 11.4. The van der Waals surface area contributed by atoms with Crippen molar-refractivity contribution in [1.82, 2.24) is 4.98 Å². The van der Waals surface area contributed by atoms with Gasteiger partial charge in [-0.25, -0.2) is 0 Å². The molecule has 0 bridgehead atoms. The fraction of sp³-hybridized carbons (Fsp3) is 0.188. The number of nitriles is 1. The Bertz CT molecular complexity index is 605. The third-order valence-electron chi connectivity index (χ3n) is 3.09. The predicted octanol–water partition coefficient (Wildman–Crippen LogP) is 2.43. The third-order valence-corrected chi connectivity index (χ3v) is 3.09. The van der Waals surface area contributed by atoms with Crippen LogP contribution in [0.15, 0.2) is 54.9 Å². The van der Waals surface area contributed by atoms with Gasteiger partial charge in [0.1, 0.15) is 5.92 Å². The number of carbonyl (C=O) groups excluding carboxylic acids is 1. The zero-order chi connectivity index (χ0) is 14.4. The number of para-hydroxylation sites is 1. The maximum absolute atomic E-state index is 12.4. The van der Waals surface area contributed by atoms with E-state index in [1.807, 2.05) is 36.4 Å². The summed E-state index contributed by atoms with van der Waals surface area (Å²) in [6.45, 7) is 0. The Morgan fingerprint density at radius 2 is 2.05 bits per heavy atom. The lowest BCUT2D eigenvalue weighted by atomic mass is 10.0. The van der Waals surface area contributed by atoms with Crippen molar-refractivity contribution < 1.29 is 4.79 Å². The maximum Gasteiger partial charge on any atom is 0.244 e. The molecule has 2 rings (SSSR count). The molecular formula is C16H15N3O. The number of pyridine rings is 1. The number of aromatic nitrogens is 1. The zero-order valence-corrected chi connectivity index (χ0v) is 11.2. The van der Waals surface area contributed by atoms with Crippen LogP contribution in [0, 0.1) is 17.2 Å². The van der Waals surface area contributed by atoms with Crippen LogP contribution in [-0.4, -0.2) is 17.9 Å². The fourth-order valence-corrected chi connectivity index (χ4v) is 1.96. The average Bonchev–Trinajstić information content (AvgIpc) is 2.53. The van der Waals surface area contributed by atoms with Gasteiger partial charge >= 0.3 is 0 Å². The minimum Gasteiger partial charge on any atom is -0.314 e. The van der Waals surface area contributed by atoms with Crippen molar-refractivity contribution >= 4 is 11.6 Å². The summed E-state index contributed by atoms with van der Waals surface area (Å²) < 4.78 is 0. The van der Waals surface area contributed by atoms with E-state index in [0.717, 1.165) is 11.3 Å². The van der Waals surface area contributed by atoms with Gasteiger partial charge in [0.25, 0.3) is 0 Å². The Labute approximate surface area is 118 Å². The molecule has 0 aliphatic heterocycles. The van der Waals surface area contributed by atoms with Crippen LogP contribution in [0.25, 0.3) is 0 Å². The highest BCUT2D eigenvalue weighted by atomic mass is 16.2. The van der Waals surface area contributed by atoms with E-state index >= 15 is 0 Å². The van der Waals surface area contributed by atoms with Crippen molar-refractivity contribution in [2.45, 2.75) is 6.42 Å². The van der Waals surface area contributed by atoms with Crippen LogP contribution < -0.4 is 4.90 Å². The molecule has 1 atom stereocenters. The largest absolute Gasteiger partial charge is 0.314 e. The van der Waals surface area contributed by atoms with Crippen LogP contribution >= 0.6 is 0 Å². The molecule has 0 fully saturated rings. The van der Waals surface area contributed by atoms with Gasteiger partial charge in [0.15, 0.2) is 0 Å². The molecule has 0 radical (unpaired) electrons. The first-order chi connectivity index (χ1) is 9.72. The molecule has 0 saturated carbocycles. The summed E-state index contributed by atoms with van der Waals surface area (Å²) in [5.74, 6) is -0.910. The van der Waals surface area contributed by atoms with E-state index in [1.54, 1.807) is 25.5 Å². The summed E-state index contributed by atoms with van der Waals surface area (Å²) in [6, 6.07) is 15.1. The SMILES string of the molecule is CN(C(=O)C(C#N)Cc1cccnc1)c1ccccc1. The van der Waals surface area contributed by atoms with Gasteiger partial charge in [0.2, 0.25) is 5.91 Å². The Morgan fingerprint density at radius 1 is 1.30 bits per heavy atom. The van der Waals surface area contributed by atoms with Crippen LogP contribution in [0.2, 0.25) is 0 Å². The molecule has 1 unspecified atom stereocenters. The van der Waals surface area contributed by atoms with Crippen LogP contribution in [0.4, 0.5) is 5.69 Å². The monoisotopic (exact) mass is 265 g/mol. The number of hydrogen-bond donors (Lipinski definition) is 0. The van der Waals surface area contributed by atoms with Gasteiger partial charge in [0, 0.05) is 25.1 Å². The van der Waals surface area contributed by atoms with Gasteiger partial charge < -0.3 is 4.90 Å². The highest BCUT2D eigenvalue weighted by Crippen LogP contribution is 2.16. The summed E-state index contributed by atoms with van der Waals surface area (Å²) in [5.41, 5.74) is 1.66. The van der Waals surface area contributed by atoms with Crippen molar-refractivity contribution in [1.29, 1.82) is 5.26 Å². The van der Waals surface area contributed by atoms with Crippen molar-refractivity contribution in [2.24, 2.45) is 5.92 Å². The molecule has 0 N–H and O–H groups in total. The predicted molar refractivity (Wildman–Crippen MR) is 76.9 cm³/mol. The number of anilines is 1. The first-order valence-corrected chi connectivity index (χ1v) is 6.33. The van der Waals surface area contributed by atoms with E-state index in [4.69, 9.17) is 0 Å². The van der Waals surface area contributed by atoms with E-state index in [0.29, 0.717) is 6.42 Å². The molecule has 100 valence electrons. The van der Waals surface area contributed by atoms with E-state index in [1.165, 1.54) is 4.90 Å². The van der Waals surface area contributed by atoms with Gasteiger partial charge in [0.05, 0.1) is 6.07 Å². The number of rotatable bonds is 4. The lowest BCUT2D eigenvalue weighted by Gasteiger charge is -2.20. The second kappa shape index (κ2) is 6.48. The van der Waals surface area contributed by atoms with Crippen molar-refractivity contribution in [3.05, 3.63) is 60.4 Å². The number of benzene rings is 1. The van der Waals surface area contributed by atoms with E-state index in [2.05, 4.69) is 11.1 Å². The fourth-order valence-electron chi connectivity index (χ4n) is 1.96. The quantitative estimate of drug-likeness (QED) is 0.853. The Balaban J connectivity index is 2.12. The van der Waals surface area contributed by atoms with Crippen molar-refractivity contribution in [2.75, 3.05) is 11.9 Å². The zero-order valence-electron chi connectivity index (χ0n) is 11.2. The molecule has 2 aromatic rings. The van der Waals surface area contributed by atoms with Crippen molar-refractivity contribution in [3.8, 4) is 6.07 Å². The van der Waals surface area contributed by atoms with E-state index in [-0.39, 0.29) is 5.91 Å². The number of hydrogen-bond acceptors (Lipinski definition) is 3. The van der Waals surface area contributed by atoms with Gasteiger partial charge in [-0.05, 0) is 30.2 Å². The molecule has 1 heterocycles. The Kier molecular flexibility index (Phi) is 4.46. The lowest BCUT2D eigenvalue weighted by molar-refractivity contribution is -0.120. The molecule has 1 amide bonds. The first-order valence-electron chi connectivity index (χ1n) is 6.33. The summed E-state index contributed by atoms with van der Waals surface area (Å²) in [4.78, 5) is 17.9. The van der Waals surface area contributed by atoms with Crippen molar-refractivity contribution in [3.63, 3.8) is 0 Å². The molecule has 0 aliphatic rings. The molecule has 1 aromatic heterocycles. The summed E-state index contributed by atoms with van der Waals surface area (Å²) >= 11 is 0. The molecular weight excluding hydrogens is 250 g/mol. The van der Waals surface area contributed by atoms with Gasteiger partial charge in [-0.2, -0.15) is 5.26 Å². The molecule has 20 heavy (non-hydrogen) atoms. The second-order valence-electron chi connectivity index (χ2n) is 4.48. The topological polar surface area (TPSA) is 57.0 Å². The van der Waals surface area contributed by atoms with Gasteiger partial charge in [-0.3, -0.25) is 9.78 Å². The molecule has 4 heteroatoms. The first kappa shape index (κ1) is 13.8. The molecule has 0 aliphatic carbocycles. The molecule has 4 nitrogen and oxygen atoms in total. The van der Waals surface area contributed by atoms with Gasteiger partial charge in [-0.1, -0.05) is 24.3 Å². The lowest BCUT2D eigenvalue weighted by Crippen LogP contribution is -2.33. The number of amides is 1. The van der Waals surface area contributed by atoms with Crippen LogP contribution in [0.1, 0.15) is 5.56 Å². The Hall–Kier alpha value is -2.67. The minimum absolute atomic E-state index is 0.206. The summed E-state index contributed by atoms with van der Waals surface area (Å²) in [6.07, 6.45) is 3.73. The number of carbonyl (C=O) groups is 1. The second-order valence-corrected chi connectivity index (χ2v) is 4.48. The molecule has 0 saturated heterocycles. The van der Waals surface area contributed by atoms with Gasteiger partial charge in [-0.15, -0.1) is 0 Å². The smallest absolute Gasteiger partial charge is 0.244 e. The summed E-state index contributed by atoms with van der Waals surface area (Å²) in [7, 11) is 1.69. The van der Waals surface area contributed by atoms with E-state index in [9.17, 15) is 10.1 Å². The number of nitrogens with zero attached hydrogens (tertiary/aromatic N) is 3. The van der Waals surface area contributed by atoms with E-state index < -0.39 is 5.92 Å². The molecule has 1 aromatic carbocycles. The average molecular weight is 265 g/mol. The van der Waals surface area contributed by atoms with Crippen LogP contribution in [-0.2, 0) is 11.2 Å². The minimum atomic E-state index is -0.704. The maximum atomic E-state index is 12.4. The molecule has 0 spiro atoms. The standard InChI is InChI=1S/C16H15N3O/c1-19(15-7-3-2-4-8-15)16(20)14(11-17)10-13-6-5-9-18-12-13/h2-9,12,14H,10H2,1H3. The van der Waals surface area contributed by atoms with Crippen LogP contribution in [0.3, 0.4) is 0 Å². The highest BCUT2D eigenvalue weighted by Gasteiger charge is 2.23. The third kappa shape index (κ3) is 3.21.